The first-order valence-corrected chi connectivity index (χ1v) is 8.03. The van der Waals surface area contributed by atoms with E-state index in [9.17, 15) is 4.79 Å². The van der Waals surface area contributed by atoms with Crippen LogP contribution in [0.15, 0.2) is 23.6 Å². The summed E-state index contributed by atoms with van der Waals surface area (Å²) in [6.45, 7) is 6.59. The van der Waals surface area contributed by atoms with Gasteiger partial charge in [-0.05, 0) is 39.0 Å². The molecule has 0 radical (unpaired) electrons. The fourth-order valence-corrected chi connectivity index (χ4v) is 2.93. The molecule has 6 heteroatoms. The number of carbonyl (C=O) groups excluding carboxylic acids is 1. The van der Waals surface area contributed by atoms with Crippen LogP contribution in [-0.4, -0.2) is 17.4 Å². The lowest BCUT2D eigenvalue weighted by molar-refractivity contribution is 0.0940. The SMILES string of the molecule is CCNc1ccc(Cl)cc1C(=O)NC(C)c1nc(C)cs1. The second-order valence-electron chi connectivity index (χ2n) is 4.74. The highest BCUT2D eigenvalue weighted by Gasteiger charge is 2.17. The van der Waals surface area contributed by atoms with E-state index in [1.807, 2.05) is 32.2 Å². The van der Waals surface area contributed by atoms with Crippen LogP contribution in [0.2, 0.25) is 5.02 Å². The maximum atomic E-state index is 12.5. The van der Waals surface area contributed by atoms with Gasteiger partial charge in [-0.1, -0.05) is 11.6 Å². The molecule has 1 amide bonds. The summed E-state index contributed by atoms with van der Waals surface area (Å²) in [5, 5.41) is 9.54. The van der Waals surface area contributed by atoms with Crippen LogP contribution in [0.1, 0.15) is 40.9 Å². The van der Waals surface area contributed by atoms with Gasteiger partial charge in [-0.2, -0.15) is 0 Å². The molecule has 2 rings (SSSR count). The minimum absolute atomic E-state index is 0.135. The molecule has 1 atom stereocenters. The maximum Gasteiger partial charge on any atom is 0.253 e. The molecule has 1 aromatic heterocycles. The van der Waals surface area contributed by atoms with Crippen molar-refractivity contribution in [2.24, 2.45) is 0 Å². The minimum Gasteiger partial charge on any atom is -0.385 e. The highest BCUT2D eigenvalue weighted by atomic mass is 35.5. The van der Waals surface area contributed by atoms with Crippen molar-refractivity contribution >= 4 is 34.5 Å². The second kappa shape index (κ2) is 6.91. The first-order chi connectivity index (χ1) is 10.0. The Morgan fingerprint density at radius 3 is 2.86 bits per heavy atom. The van der Waals surface area contributed by atoms with Crippen molar-refractivity contribution in [3.8, 4) is 0 Å². The van der Waals surface area contributed by atoms with Gasteiger partial charge in [-0.15, -0.1) is 11.3 Å². The quantitative estimate of drug-likeness (QED) is 0.873. The van der Waals surface area contributed by atoms with Crippen molar-refractivity contribution in [2.45, 2.75) is 26.8 Å². The number of nitrogens with one attached hydrogen (secondary N) is 2. The zero-order valence-electron chi connectivity index (χ0n) is 12.2. The molecular weight excluding hydrogens is 306 g/mol. The van der Waals surface area contributed by atoms with E-state index in [0.717, 1.165) is 22.9 Å². The van der Waals surface area contributed by atoms with Crippen molar-refractivity contribution in [1.82, 2.24) is 10.3 Å². The van der Waals surface area contributed by atoms with Crippen molar-refractivity contribution in [3.63, 3.8) is 0 Å². The Hall–Kier alpha value is -1.59. The van der Waals surface area contributed by atoms with E-state index < -0.39 is 0 Å². The fraction of sp³-hybridized carbons (Fsp3) is 0.333. The summed E-state index contributed by atoms with van der Waals surface area (Å²) in [4.78, 5) is 16.8. The Labute approximate surface area is 133 Å². The summed E-state index contributed by atoms with van der Waals surface area (Å²) in [7, 11) is 0. The monoisotopic (exact) mass is 323 g/mol. The summed E-state index contributed by atoms with van der Waals surface area (Å²) in [6, 6.07) is 5.13. The lowest BCUT2D eigenvalue weighted by Crippen LogP contribution is -2.27. The van der Waals surface area contributed by atoms with E-state index in [2.05, 4.69) is 15.6 Å². The van der Waals surface area contributed by atoms with Gasteiger partial charge in [0.05, 0.1) is 11.6 Å². The molecule has 2 aromatic rings. The Balaban J connectivity index is 2.18. The van der Waals surface area contributed by atoms with Gasteiger partial charge in [0.25, 0.3) is 5.91 Å². The van der Waals surface area contributed by atoms with E-state index in [0.29, 0.717) is 10.6 Å². The molecule has 0 aliphatic rings. The number of thiazole rings is 1. The van der Waals surface area contributed by atoms with Gasteiger partial charge in [0.2, 0.25) is 0 Å². The van der Waals surface area contributed by atoms with Crippen LogP contribution in [0.5, 0.6) is 0 Å². The molecule has 0 fully saturated rings. The van der Waals surface area contributed by atoms with Crippen molar-refractivity contribution in [2.75, 3.05) is 11.9 Å². The molecule has 1 unspecified atom stereocenters. The van der Waals surface area contributed by atoms with Crippen LogP contribution in [-0.2, 0) is 0 Å². The second-order valence-corrected chi connectivity index (χ2v) is 6.07. The smallest absolute Gasteiger partial charge is 0.253 e. The summed E-state index contributed by atoms with van der Waals surface area (Å²) in [5.74, 6) is -0.159. The van der Waals surface area contributed by atoms with Crippen LogP contribution in [0.4, 0.5) is 5.69 Å². The van der Waals surface area contributed by atoms with E-state index in [-0.39, 0.29) is 11.9 Å². The number of nitrogens with zero attached hydrogens (tertiary/aromatic N) is 1. The number of carbonyl (C=O) groups is 1. The number of halogens is 1. The normalized spacial score (nSPS) is 12.0. The third-order valence-electron chi connectivity index (χ3n) is 2.95. The number of aromatic nitrogens is 1. The number of hydrogen-bond acceptors (Lipinski definition) is 4. The van der Waals surface area contributed by atoms with Gasteiger partial charge in [-0.3, -0.25) is 4.79 Å². The van der Waals surface area contributed by atoms with Crippen LogP contribution in [0.25, 0.3) is 0 Å². The Kier molecular flexibility index (Phi) is 5.20. The number of anilines is 1. The number of amides is 1. The lowest BCUT2D eigenvalue weighted by atomic mass is 10.1. The topological polar surface area (TPSA) is 54.0 Å². The molecule has 1 heterocycles. The van der Waals surface area contributed by atoms with Crippen molar-refractivity contribution in [3.05, 3.63) is 44.9 Å². The molecule has 0 bridgehead atoms. The zero-order chi connectivity index (χ0) is 15.4. The number of rotatable bonds is 5. The van der Waals surface area contributed by atoms with Gasteiger partial charge in [0.1, 0.15) is 5.01 Å². The lowest BCUT2D eigenvalue weighted by Gasteiger charge is -2.15. The van der Waals surface area contributed by atoms with E-state index in [1.165, 1.54) is 0 Å². The highest BCUT2D eigenvalue weighted by Crippen LogP contribution is 2.23. The Bertz CT molecular complexity index is 642. The van der Waals surface area contributed by atoms with Gasteiger partial charge in [0, 0.05) is 28.3 Å². The molecular formula is C15H18ClN3OS. The Morgan fingerprint density at radius 1 is 1.48 bits per heavy atom. The molecule has 112 valence electrons. The first kappa shape index (κ1) is 15.8. The number of benzene rings is 1. The van der Waals surface area contributed by atoms with Gasteiger partial charge in [0.15, 0.2) is 0 Å². The summed E-state index contributed by atoms with van der Waals surface area (Å²) in [5.41, 5.74) is 2.29. The predicted molar refractivity (Wildman–Crippen MR) is 88.3 cm³/mol. The summed E-state index contributed by atoms with van der Waals surface area (Å²) < 4.78 is 0. The van der Waals surface area contributed by atoms with Crippen molar-refractivity contribution in [1.29, 1.82) is 0 Å². The predicted octanol–water partition coefficient (Wildman–Crippen LogP) is 4.03. The minimum atomic E-state index is -0.159. The van der Waals surface area contributed by atoms with E-state index in [4.69, 9.17) is 11.6 Å². The van der Waals surface area contributed by atoms with Gasteiger partial charge < -0.3 is 10.6 Å². The van der Waals surface area contributed by atoms with Crippen LogP contribution < -0.4 is 10.6 Å². The highest BCUT2D eigenvalue weighted by molar-refractivity contribution is 7.09. The summed E-state index contributed by atoms with van der Waals surface area (Å²) >= 11 is 7.54. The molecule has 0 aliphatic carbocycles. The molecule has 0 saturated heterocycles. The largest absolute Gasteiger partial charge is 0.385 e. The van der Waals surface area contributed by atoms with E-state index in [1.54, 1.807) is 23.5 Å². The van der Waals surface area contributed by atoms with Crippen LogP contribution >= 0.6 is 22.9 Å². The average molecular weight is 324 g/mol. The average Bonchev–Trinajstić information content (AvgIpc) is 2.87. The zero-order valence-corrected chi connectivity index (χ0v) is 13.8. The standard InChI is InChI=1S/C15H18ClN3OS/c1-4-17-13-6-5-11(16)7-12(13)14(20)19-10(3)15-18-9(2)8-21-15/h5-8,10,17H,4H2,1-3H3,(H,19,20). The number of aryl methyl sites for hydroxylation is 1. The molecule has 4 nitrogen and oxygen atoms in total. The molecule has 0 saturated carbocycles. The van der Waals surface area contributed by atoms with E-state index >= 15 is 0 Å². The number of hydrogen-bond donors (Lipinski definition) is 2. The molecule has 0 spiro atoms. The fourth-order valence-electron chi connectivity index (χ4n) is 1.96. The van der Waals surface area contributed by atoms with Crippen LogP contribution in [0.3, 0.4) is 0 Å². The first-order valence-electron chi connectivity index (χ1n) is 6.77. The summed E-state index contributed by atoms with van der Waals surface area (Å²) in [6.07, 6.45) is 0. The van der Waals surface area contributed by atoms with Gasteiger partial charge >= 0.3 is 0 Å². The molecule has 1 aromatic carbocycles. The maximum absolute atomic E-state index is 12.5. The third kappa shape index (κ3) is 3.95. The van der Waals surface area contributed by atoms with Gasteiger partial charge in [-0.25, -0.2) is 4.98 Å². The van der Waals surface area contributed by atoms with Crippen molar-refractivity contribution < 1.29 is 4.79 Å². The third-order valence-corrected chi connectivity index (χ3v) is 4.33. The molecule has 0 aliphatic heterocycles. The van der Waals surface area contributed by atoms with Crippen LogP contribution in [0, 0.1) is 6.92 Å². The Morgan fingerprint density at radius 2 is 2.24 bits per heavy atom. The molecule has 2 N–H and O–H groups in total. The molecule has 21 heavy (non-hydrogen) atoms.